The lowest BCUT2D eigenvalue weighted by molar-refractivity contribution is -0.161. The molecule has 3 aromatic rings. The van der Waals surface area contributed by atoms with E-state index < -0.39 is 46.5 Å². The van der Waals surface area contributed by atoms with Gasteiger partial charge in [0.25, 0.3) is 11.8 Å². The van der Waals surface area contributed by atoms with Crippen molar-refractivity contribution in [2.45, 2.75) is 37.4 Å². The lowest BCUT2D eigenvalue weighted by atomic mass is 10.0. The summed E-state index contributed by atoms with van der Waals surface area (Å²) in [6.07, 6.45) is 4.76. The van der Waals surface area contributed by atoms with Crippen molar-refractivity contribution in [1.29, 1.82) is 0 Å². The van der Waals surface area contributed by atoms with Crippen LogP contribution in [0.2, 0.25) is 0 Å². The molecule has 4 heterocycles. The van der Waals surface area contributed by atoms with Gasteiger partial charge in [-0.25, -0.2) is 19.6 Å². The number of nitrogens with one attached hydrogen (secondary N) is 1. The maximum Gasteiger partial charge on any atom is 0.352 e. The van der Waals surface area contributed by atoms with Gasteiger partial charge in [0.2, 0.25) is 5.60 Å². The highest BCUT2D eigenvalue weighted by Gasteiger charge is 2.54. The molecule has 230 valence electrons. The molecule has 0 spiro atoms. The number of aromatic nitrogens is 3. The van der Waals surface area contributed by atoms with E-state index in [9.17, 15) is 39.6 Å². The minimum atomic E-state index is -1.78. The Bertz CT molecular complexity index is 1790. The van der Waals surface area contributed by atoms with Gasteiger partial charge in [-0.3, -0.25) is 14.5 Å². The lowest BCUT2D eigenvalue weighted by Crippen LogP contribution is -2.71. The Kier molecular flexibility index (Phi) is 7.96. The van der Waals surface area contributed by atoms with Crippen LogP contribution in [0.1, 0.15) is 19.5 Å². The number of nitrogen functional groups attached to an aromatic ring is 1. The van der Waals surface area contributed by atoms with Crippen LogP contribution in [0.5, 0.6) is 11.5 Å². The number of carbonyl (C=O) groups is 4. The van der Waals surface area contributed by atoms with E-state index in [1.165, 1.54) is 49.4 Å². The molecule has 2 aliphatic heterocycles. The van der Waals surface area contributed by atoms with E-state index in [0.717, 1.165) is 16.2 Å². The molecule has 5 rings (SSSR count). The standard InChI is InChI=1S/C26H25N7O9S2/c1-26(2,24(40)41)42-31-17(13-9-44-25(27)29-13)20(36)30-18-21(37)33-19(23(38)39)11(8-43-22(18)33)4-3-5-32-10-28-12-6-15(34)16(35)7-14(12)32/h3-4,6-7,9-10,18,22,34-35H,5,8H2,1-2H3,(H2,27,29)(H,30,36)(H,38,39)(H,40,41)/b4-3+,31-17-/t18?,22-/m0/s1. The topological polar surface area (TPSA) is 243 Å². The van der Waals surface area contributed by atoms with Crippen molar-refractivity contribution in [1.82, 2.24) is 24.8 Å². The van der Waals surface area contributed by atoms with Crippen molar-refractivity contribution < 1.29 is 44.4 Å². The molecule has 18 heteroatoms. The number of oxime groups is 1. The first-order valence-corrected chi connectivity index (χ1v) is 14.7. The van der Waals surface area contributed by atoms with Crippen molar-refractivity contribution in [3.8, 4) is 11.5 Å². The van der Waals surface area contributed by atoms with E-state index in [2.05, 4.69) is 20.4 Å². The Morgan fingerprint density at radius 3 is 2.64 bits per heavy atom. The number of phenolic OH excluding ortho intramolecular Hbond substituents is 2. The fourth-order valence-corrected chi connectivity index (χ4v) is 6.18. The van der Waals surface area contributed by atoms with Crippen LogP contribution in [0.25, 0.3) is 11.0 Å². The van der Waals surface area contributed by atoms with Crippen LogP contribution < -0.4 is 11.1 Å². The number of allylic oxidation sites excluding steroid dienone is 2. The van der Waals surface area contributed by atoms with Gasteiger partial charge in [-0.05, 0) is 19.4 Å². The van der Waals surface area contributed by atoms with Crippen LogP contribution in [-0.4, -0.2) is 92.1 Å². The lowest BCUT2D eigenvalue weighted by Gasteiger charge is -2.49. The number of anilines is 1. The highest BCUT2D eigenvalue weighted by molar-refractivity contribution is 8.00. The van der Waals surface area contributed by atoms with E-state index in [0.29, 0.717) is 16.6 Å². The zero-order valence-electron chi connectivity index (χ0n) is 23.0. The average Bonchev–Trinajstić information content (AvgIpc) is 3.56. The summed E-state index contributed by atoms with van der Waals surface area (Å²) in [5.74, 6) is -4.63. The van der Waals surface area contributed by atoms with Crippen LogP contribution in [-0.2, 0) is 30.6 Å². The van der Waals surface area contributed by atoms with Crippen molar-refractivity contribution in [2.24, 2.45) is 5.16 Å². The second-order valence-electron chi connectivity index (χ2n) is 10.1. The Morgan fingerprint density at radius 2 is 1.98 bits per heavy atom. The van der Waals surface area contributed by atoms with Gasteiger partial charge in [-0.15, -0.1) is 23.1 Å². The Hall–Kier alpha value is -5.10. The summed E-state index contributed by atoms with van der Waals surface area (Å²) >= 11 is 2.25. The number of rotatable bonds is 10. The summed E-state index contributed by atoms with van der Waals surface area (Å²) in [5, 5.41) is 45.8. The molecule has 44 heavy (non-hydrogen) atoms. The van der Waals surface area contributed by atoms with Gasteiger partial charge >= 0.3 is 11.9 Å². The van der Waals surface area contributed by atoms with Crippen LogP contribution in [0.3, 0.4) is 0 Å². The number of thioether (sulfide) groups is 1. The SMILES string of the molecule is CC(C)(O/N=C(\C(=O)NC1C(=O)N2C(C(=O)O)=C(/C=C/Cn3cnc4cc(O)c(O)cc43)CS[C@@H]12)c1csc(N)n1)C(=O)O. The second-order valence-corrected chi connectivity index (χ2v) is 12.1. The Morgan fingerprint density at radius 1 is 1.25 bits per heavy atom. The molecule has 0 aliphatic carbocycles. The van der Waals surface area contributed by atoms with Crippen molar-refractivity contribution in [3.05, 3.63) is 53.0 Å². The van der Waals surface area contributed by atoms with Gasteiger partial charge in [-0.2, -0.15) is 0 Å². The second kappa shape index (κ2) is 11.5. The van der Waals surface area contributed by atoms with E-state index in [1.807, 2.05) is 0 Å². The fraction of sp³-hybridized carbons (Fsp3) is 0.269. The van der Waals surface area contributed by atoms with E-state index in [4.69, 9.17) is 10.6 Å². The molecular formula is C26H25N7O9S2. The van der Waals surface area contributed by atoms with E-state index >= 15 is 0 Å². The molecule has 0 bridgehead atoms. The number of aliphatic carboxylic acids is 2. The molecule has 7 N–H and O–H groups in total. The number of carboxylic acids is 2. The molecule has 2 aromatic heterocycles. The van der Waals surface area contributed by atoms with Gasteiger partial charge in [0, 0.05) is 29.8 Å². The number of thiazole rings is 1. The Balaban J connectivity index is 1.33. The van der Waals surface area contributed by atoms with Crippen molar-refractivity contribution >= 4 is 68.7 Å². The number of benzene rings is 1. The first-order valence-electron chi connectivity index (χ1n) is 12.7. The molecule has 1 aromatic carbocycles. The molecule has 0 radical (unpaired) electrons. The van der Waals surface area contributed by atoms with Crippen molar-refractivity contribution in [2.75, 3.05) is 11.5 Å². The molecule has 1 saturated heterocycles. The number of β-lactam (4-membered cyclic amide) rings is 1. The smallest absolute Gasteiger partial charge is 0.352 e. The van der Waals surface area contributed by atoms with Gasteiger partial charge in [0.1, 0.15) is 22.8 Å². The van der Waals surface area contributed by atoms with Crippen LogP contribution >= 0.6 is 23.1 Å². The molecule has 1 fully saturated rings. The number of nitrogens with two attached hydrogens (primary N) is 1. The summed E-state index contributed by atoms with van der Waals surface area (Å²) in [5.41, 5.74) is 4.63. The molecular weight excluding hydrogens is 618 g/mol. The average molecular weight is 644 g/mol. The molecule has 2 atom stereocenters. The van der Waals surface area contributed by atoms with E-state index in [-0.39, 0.29) is 40.3 Å². The highest BCUT2D eigenvalue weighted by Crippen LogP contribution is 2.41. The summed E-state index contributed by atoms with van der Waals surface area (Å²) in [6.45, 7) is 2.72. The maximum absolute atomic E-state index is 13.2. The number of aromatic hydroxyl groups is 2. The number of amides is 2. The number of hydrogen-bond donors (Lipinski definition) is 6. The zero-order valence-corrected chi connectivity index (χ0v) is 24.6. The van der Waals surface area contributed by atoms with Crippen molar-refractivity contribution in [3.63, 3.8) is 0 Å². The number of nitrogens with zero attached hydrogens (tertiary/aromatic N) is 5. The molecule has 2 amide bonds. The van der Waals surface area contributed by atoms with Gasteiger partial charge < -0.3 is 40.9 Å². The predicted molar refractivity (Wildman–Crippen MR) is 158 cm³/mol. The van der Waals surface area contributed by atoms with Gasteiger partial charge in [0.15, 0.2) is 22.3 Å². The normalized spacial score (nSPS) is 18.8. The number of hydrogen-bond acceptors (Lipinski definition) is 13. The number of carbonyl (C=O) groups excluding carboxylic acids is 2. The van der Waals surface area contributed by atoms with Gasteiger partial charge in [0.05, 0.1) is 17.4 Å². The largest absolute Gasteiger partial charge is 0.504 e. The van der Waals surface area contributed by atoms with Crippen LogP contribution in [0, 0.1) is 0 Å². The van der Waals surface area contributed by atoms with Gasteiger partial charge in [-0.1, -0.05) is 17.3 Å². The zero-order chi connectivity index (χ0) is 31.9. The number of carboxylic acid groups (broad SMARTS) is 2. The number of fused-ring (bicyclic) bond motifs is 2. The quantitative estimate of drug-likeness (QED) is 0.0785. The monoisotopic (exact) mass is 643 g/mol. The maximum atomic E-state index is 13.2. The molecule has 0 saturated carbocycles. The minimum Gasteiger partial charge on any atom is -0.504 e. The third-order valence-corrected chi connectivity index (χ3v) is 8.66. The highest BCUT2D eigenvalue weighted by atomic mass is 32.2. The number of phenols is 2. The fourth-order valence-electron chi connectivity index (χ4n) is 4.32. The third-order valence-electron chi connectivity index (χ3n) is 6.69. The third kappa shape index (κ3) is 5.63. The predicted octanol–water partition coefficient (Wildman–Crippen LogP) is 1.07. The summed E-state index contributed by atoms with van der Waals surface area (Å²) in [7, 11) is 0. The molecule has 2 aliphatic rings. The molecule has 1 unspecified atom stereocenters. The van der Waals surface area contributed by atoms with Crippen LogP contribution in [0.4, 0.5) is 5.13 Å². The summed E-state index contributed by atoms with van der Waals surface area (Å²) < 4.78 is 1.68. The van der Waals surface area contributed by atoms with E-state index in [1.54, 1.807) is 16.7 Å². The minimum absolute atomic E-state index is 0.00217. The Labute approximate surface area is 256 Å². The molecule has 16 nitrogen and oxygen atoms in total. The first-order chi connectivity index (χ1) is 20.8. The first kappa shape index (κ1) is 30.4. The summed E-state index contributed by atoms with van der Waals surface area (Å²) in [4.78, 5) is 64.4. The number of imidazole rings is 1. The summed E-state index contributed by atoms with van der Waals surface area (Å²) in [6, 6.07) is 1.58. The van der Waals surface area contributed by atoms with Crippen LogP contribution in [0.15, 0.2) is 52.4 Å².